The van der Waals surface area contributed by atoms with Crippen LogP contribution in [0.15, 0.2) is 109 Å². The minimum atomic E-state index is -0.814. The van der Waals surface area contributed by atoms with Crippen molar-refractivity contribution in [2.45, 2.75) is 284 Å². The fourth-order valence-electron chi connectivity index (χ4n) is 8.31. The van der Waals surface area contributed by atoms with Gasteiger partial charge in [-0.25, -0.2) is 0 Å². The Labute approximate surface area is 450 Å². The van der Waals surface area contributed by atoms with E-state index in [-0.39, 0.29) is 37.5 Å². The predicted octanol–water partition coefficient (Wildman–Crippen LogP) is 20.7. The lowest BCUT2D eigenvalue weighted by Crippen LogP contribution is -2.30. The molecule has 416 valence electrons. The number of hydrogen-bond acceptors (Lipinski definition) is 6. The molecule has 0 aromatic heterocycles. The number of hydrogen-bond donors (Lipinski definition) is 0. The summed E-state index contributed by atoms with van der Waals surface area (Å²) in [4.78, 5) is 38.0. The van der Waals surface area contributed by atoms with Crippen molar-refractivity contribution >= 4 is 17.9 Å². The summed E-state index contributed by atoms with van der Waals surface area (Å²) in [7, 11) is 0. The summed E-state index contributed by atoms with van der Waals surface area (Å²) in [5, 5.41) is 0. The normalized spacial score (nSPS) is 12.9. The highest BCUT2D eigenvalue weighted by Crippen LogP contribution is 2.16. The van der Waals surface area contributed by atoms with Gasteiger partial charge in [-0.15, -0.1) is 0 Å². The Morgan fingerprint density at radius 1 is 0.288 bits per heavy atom. The Bertz CT molecular complexity index is 1490. The van der Waals surface area contributed by atoms with Crippen molar-refractivity contribution in [3.63, 3.8) is 0 Å². The minimum absolute atomic E-state index is 0.104. The molecule has 0 N–H and O–H groups in total. The topological polar surface area (TPSA) is 78.9 Å². The Hall–Kier alpha value is -3.93. The van der Waals surface area contributed by atoms with E-state index in [1.165, 1.54) is 135 Å². The third kappa shape index (κ3) is 58.8. The number of carbonyl (C=O) groups excluding carboxylic acids is 3. The number of allylic oxidation sites excluding steroid dienone is 18. The molecule has 0 radical (unpaired) electrons. The van der Waals surface area contributed by atoms with E-state index < -0.39 is 6.10 Å². The molecule has 73 heavy (non-hydrogen) atoms. The molecule has 0 aliphatic carbocycles. The van der Waals surface area contributed by atoms with Gasteiger partial charge in [0.25, 0.3) is 0 Å². The molecule has 0 bridgehead atoms. The van der Waals surface area contributed by atoms with Crippen molar-refractivity contribution in [1.82, 2.24) is 0 Å². The maximum atomic E-state index is 12.8. The molecule has 0 fully saturated rings. The maximum Gasteiger partial charge on any atom is 0.306 e. The lowest BCUT2D eigenvalue weighted by Gasteiger charge is -2.18. The van der Waals surface area contributed by atoms with Gasteiger partial charge >= 0.3 is 17.9 Å². The van der Waals surface area contributed by atoms with Crippen LogP contribution in [0.5, 0.6) is 0 Å². The molecular weight excluding hydrogens is 901 g/mol. The molecule has 1 unspecified atom stereocenters. The summed E-state index contributed by atoms with van der Waals surface area (Å²) < 4.78 is 16.8. The molecule has 0 spiro atoms. The Balaban J connectivity index is 4.18. The second-order valence-electron chi connectivity index (χ2n) is 19.9. The van der Waals surface area contributed by atoms with Crippen LogP contribution < -0.4 is 0 Å². The average Bonchev–Trinajstić information content (AvgIpc) is 3.39. The van der Waals surface area contributed by atoms with E-state index >= 15 is 0 Å². The molecule has 1 atom stereocenters. The van der Waals surface area contributed by atoms with Crippen LogP contribution in [-0.2, 0) is 28.6 Å². The van der Waals surface area contributed by atoms with Crippen molar-refractivity contribution < 1.29 is 28.6 Å². The van der Waals surface area contributed by atoms with Gasteiger partial charge < -0.3 is 14.2 Å². The first-order chi connectivity index (χ1) is 36.0. The van der Waals surface area contributed by atoms with E-state index in [2.05, 4.69) is 118 Å². The average molecular weight is 1010 g/mol. The van der Waals surface area contributed by atoms with Crippen molar-refractivity contribution in [2.75, 3.05) is 13.2 Å². The van der Waals surface area contributed by atoms with Crippen LogP contribution in [0.2, 0.25) is 0 Å². The number of esters is 3. The zero-order chi connectivity index (χ0) is 52.9. The monoisotopic (exact) mass is 1010 g/mol. The molecule has 0 aliphatic rings. The highest BCUT2D eigenvalue weighted by atomic mass is 16.6. The Morgan fingerprint density at radius 2 is 0.562 bits per heavy atom. The smallest absolute Gasteiger partial charge is 0.306 e. The van der Waals surface area contributed by atoms with E-state index in [1.54, 1.807) is 0 Å². The third-order valence-electron chi connectivity index (χ3n) is 12.8. The summed E-state index contributed by atoms with van der Waals surface area (Å²) in [5.74, 6) is -0.983. The van der Waals surface area contributed by atoms with Crippen molar-refractivity contribution in [2.24, 2.45) is 0 Å². The molecule has 0 aliphatic heterocycles. The first kappa shape index (κ1) is 69.1. The molecule has 6 nitrogen and oxygen atoms in total. The number of ether oxygens (including phenoxy) is 3. The fraction of sp³-hybridized carbons (Fsp3) is 0.687. The molecule has 0 aromatic carbocycles. The van der Waals surface area contributed by atoms with E-state index in [0.717, 1.165) is 96.3 Å². The summed E-state index contributed by atoms with van der Waals surface area (Å²) in [6.45, 7) is 6.35. The Morgan fingerprint density at radius 3 is 0.890 bits per heavy atom. The van der Waals surface area contributed by atoms with Gasteiger partial charge in [0.1, 0.15) is 13.2 Å². The van der Waals surface area contributed by atoms with Crippen molar-refractivity contribution in [3.8, 4) is 0 Å². The molecule has 6 heteroatoms. The summed E-state index contributed by atoms with van der Waals surface area (Å²) in [6.07, 6.45) is 82.7. The van der Waals surface area contributed by atoms with Gasteiger partial charge in [0.15, 0.2) is 6.10 Å². The fourth-order valence-corrected chi connectivity index (χ4v) is 8.31. The van der Waals surface area contributed by atoms with E-state index in [4.69, 9.17) is 14.2 Å². The summed E-state index contributed by atoms with van der Waals surface area (Å²) >= 11 is 0. The van der Waals surface area contributed by atoms with E-state index in [1.807, 2.05) is 12.2 Å². The van der Waals surface area contributed by atoms with Gasteiger partial charge in [0, 0.05) is 19.3 Å². The number of rotatable bonds is 54. The quantitative estimate of drug-likeness (QED) is 0.0261. The molecule has 0 aromatic rings. The van der Waals surface area contributed by atoms with Crippen LogP contribution in [0.25, 0.3) is 0 Å². The second kappa shape index (κ2) is 60.6. The first-order valence-electron chi connectivity index (χ1n) is 30.4. The zero-order valence-electron chi connectivity index (χ0n) is 47.6. The summed E-state index contributed by atoms with van der Waals surface area (Å²) in [5.41, 5.74) is 0. The van der Waals surface area contributed by atoms with Crippen LogP contribution in [0.1, 0.15) is 278 Å². The van der Waals surface area contributed by atoms with Crippen LogP contribution in [-0.4, -0.2) is 37.2 Å². The summed E-state index contributed by atoms with van der Waals surface area (Å²) in [6, 6.07) is 0. The van der Waals surface area contributed by atoms with Gasteiger partial charge in [-0.3, -0.25) is 14.4 Å². The highest BCUT2D eigenvalue weighted by Gasteiger charge is 2.19. The molecule has 0 saturated heterocycles. The van der Waals surface area contributed by atoms with E-state index in [0.29, 0.717) is 19.3 Å². The SMILES string of the molecule is CC/C=C\C/C=C\C/C=C\C/C=C\C/C=C\CCCCCCCCCCCCCCCCCC(=O)OCC(COC(=O)CCCCCCCCCCCCC)OC(=O)CC/C=C\C/C=C\C/C=C\C/C=C\CC. The number of unbranched alkanes of at least 4 members (excludes halogenated alkanes) is 25. The van der Waals surface area contributed by atoms with Gasteiger partial charge in [0.05, 0.1) is 0 Å². The molecular formula is C67H112O6. The van der Waals surface area contributed by atoms with Gasteiger partial charge in [-0.2, -0.15) is 0 Å². The number of carbonyl (C=O) groups is 3. The van der Waals surface area contributed by atoms with Gasteiger partial charge in [0.2, 0.25) is 0 Å². The van der Waals surface area contributed by atoms with E-state index in [9.17, 15) is 14.4 Å². The highest BCUT2D eigenvalue weighted by molar-refractivity contribution is 5.71. The maximum absolute atomic E-state index is 12.8. The lowest BCUT2D eigenvalue weighted by molar-refractivity contribution is -0.166. The molecule has 0 heterocycles. The van der Waals surface area contributed by atoms with Crippen LogP contribution in [0.3, 0.4) is 0 Å². The Kier molecular flexibility index (Phi) is 57.4. The molecule has 0 rings (SSSR count). The molecule has 0 saturated carbocycles. The van der Waals surface area contributed by atoms with Crippen molar-refractivity contribution in [3.05, 3.63) is 109 Å². The largest absolute Gasteiger partial charge is 0.462 e. The standard InChI is InChI=1S/C67H112O6/c1-4-7-10-13-16-19-22-24-25-26-27-28-29-30-31-32-33-34-35-36-37-38-39-40-41-43-45-48-51-54-57-60-66(69)72-63-64(62-71-65(68)59-56-53-50-47-44-21-18-15-12-9-6-3)73-67(70)61-58-55-52-49-46-42-23-20-17-14-11-8-5-2/h7-8,10-11,16-17,19-20,24-25,27-28,30-31,42,46,52,55,64H,4-6,9,12-15,18,21-23,26,29,32-41,43-45,47-51,53-54,56-63H2,1-3H3/b10-7-,11-8-,19-16-,20-17-,25-24-,28-27-,31-30-,46-42-,55-52-. The van der Waals surface area contributed by atoms with Crippen LogP contribution >= 0.6 is 0 Å². The first-order valence-corrected chi connectivity index (χ1v) is 30.4. The lowest BCUT2D eigenvalue weighted by atomic mass is 10.0. The zero-order valence-corrected chi connectivity index (χ0v) is 47.6. The second-order valence-corrected chi connectivity index (χ2v) is 19.9. The third-order valence-corrected chi connectivity index (χ3v) is 12.8. The predicted molar refractivity (Wildman–Crippen MR) is 316 cm³/mol. The van der Waals surface area contributed by atoms with Crippen LogP contribution in [0, 0.1) is 0 Å². The molecule has 0 amide bonds. The van der Waals surface area contributed by atoms with Crippen molar-refractivity contribution in [1.29, 1.82) is 0 Å². The van der Waals surface area contributed by atoms with Gasteiger partial charge in [-0.05, 0) is 89.9 Å². The minimum Gasteiger partial charge on any atom is -0.462 e. The van der Waals surface area contributed by atoms with Crippen LogP contribution in [0.4, 0.5) is 0 Å². The van der Waals surface area contributed by atoms with Gasteiger partial charge in [-0.1, -0.05) is 278 Å².